The fourth-order valence-corrected chi connectivity index (χ4v) is 3.18. The summed E-state index contributed by atoms with van der Waals surface area (Å²) in [5.41, 5.74) is 6.34. The molecule has 0 fully saturated rings. The number of carbonyl (C=O) groups is 1. The number of benzene rings is 2. The van der Waals surface area contributed by atoms with E-state index in [4.69, 9.17) is 4.74 Å². The molecule has 0 saturated heterocycles. The monoisotopic (exact) mass is 408 g/mol. The fourth-order valence-electron chi connectivity index (χ4n) is 3.18. The van der Waals surface area contributed by atoms with E-state index in [1.807, 2.05) is 66.7 Å². The number of para-hydroxylation sites is 2. The lowest BCUT2D eigenvalue weighted by Crippen LogP contribution is -2.18. The SMILES string of the molecule is COc1ccccc1/C=C/C=N/NC(=O)c1cc(-c2ccncc2)nc2ccccc12. The molecule has 0 spiro atoms. The number of ether oxygens (including phenoxy) is 1. The van der Waals surface area contributed by atoms with Crippen molar-refractivity contribution in [3.63, 3.8) is 0 Å². The first-order valence-electron chi connectivity index (χ1n) is 9.69. The van der Waals surface area contributed by atoms with Crippen LogP contribution in [0.1, 0.15) is 15.9 Å². The van der Waals surface area contributed by atoms with Crippen molar-refractivity contribution in [1.82, 2.24) is 15.4 Å². The molecular weight excluding hydrogens is 388 g/mol. The minimum absolute atomic E-state index is 0.309. The molecule has 2 aromatic heterocycles. The number of hydrogen-bond acceptors (Lipinski definition) is 5. The number of aromatic nitrogens is 2. The van der Waals surface area contributed by atoms with E-state index in [0.29, 0.717) is 11.3 Å². The second-order valence-electron chi connectivity index (χ2n) is 6.63. The highest BCUT2D eigenvalue weighted by Gasteiger charge is 2.13. The number of carbonyl (C=O) groups excluding carboxylic acids is 1. The van der Waals surface area contributed by atoms with Gasteiger partial charge in [0.2, 0.25) is 0 Å². The summed E-state index contributed by atoms with van der Waals surface area (Å²) in [6, 6.07) is 20.7. The summed E-state index contributed by atoms with van der Waals surface area (Å²) in [4.78, 5) is 21.6. The molecule has 1 amide bonds. The van der Waals surface area contributed by atoms with Crippen LogP contribution in [-0.2, 0) is 0 Å². The number of hydrogen-bond donors (Lipinski definition) is 1. The van der Waals surface area contributed by atoms with Gasteiger partial charge in [-0.1, -0.05) is 36.4 Å². The number of rotatable bonds is 6. The standard InChI is InChI=1S/C25H20N4O2/c1-31-24-11-5-2-7-19(24)8-6-14-27-29-25(30)21-17-23(18-12-15-26-16-13-18)28-22-10-4-3-9-20(21)22/h2-17H,1H3,(H,29,30)/b8-6+,27-14+. The van der Waals surface area contributed by atoms with Crippen LogP contribution >= 0.6 is 0 Å². The Balaban J connectivity index is 1.56. The molecule has 0 unspecified atom stereocenters. The Bertz CT molecular complexity index is 1270. The van der Waals surface area contributed by atoms with Crippen molar-refractivity contribution in [2.24, 2.45) is 5.10 Å². The Hall–Kier alpha value is -4.32. The van der Waals surface area contributed by atoms with Crippen molar-refractivity contribution in [3.8, 4) is 17.0 Å². The third-order valence-corrected chi connectivity index (χ3v) is 4.68. The first-order valence-corrected chi connectivity index (χ1v) is 9.69. The summed E-state index contributed by atoms with van der Waals surface area (Å²) < 4.78 is 5.31. The third-order valence-electron chi connectivity index (χ3n) is 4.68. The maximum Gasteiger partial charge on any atom is 0.272 e. The van der Waals surface area contributed by atoms with E-state index < -0.39 is 0 Å². The molecule has 2 aromatic carbocycles. The topological polar surface area (TPSA) is 76.5 Å². The van der Waals surface area contributed by atoms with Crippen molar-refractivity contribution in [2.45, 2.75) is 0 Å². The molecule has 0 aliphatic carbocycles. The highest BCUT2D eigenvalue weighted by Crippen LogP contribution is 2.24. The molecule has 0 saturated carbocycles. The van der Waals surface area contributed by atoms with Crippen molar-refractivity contribution in [1.29, 1.82) is 0 Å². The number of methoxy groups -OCH3 is 1. The van der Waals surface area contributed by atoms with Gasteiger partial charge < -0.3 is 4.74 Å². The van der Waals surface area contributed by atoms with E-state index in [1.54, 1.807) is 31.6 Å². The van der Waals surface area contributed by atoms with Gasteiger partial charge in [0.1, 0.15) is 5.75 Å². The first kappa shape index (κ1) is 20.0. The van der Waals surface area contributed by atoms with Gasteiger partial charge in [-0.3, -0.25) is 9.78 Å². The average Bonchev–Trinajstić information content (AvgIpc) is 2.83. The smallest absolute Gasteiger partial charge is 0.272 e. The third kappa shape index (κ3) is 4.64. The summed E-state index contributed by atoms with van der Waals surface area (Å²) in [5, 5.41) is 4.81. The van der Waals surface area contributed by atoms with Crippen LogP contribution < -0.4 is 10.2 Å². The predicted molar refractivity (Wildman–Crippen MR) is 123 cm³/mol. The highest BCUT2D eigenvalue weighted by molar-refractivity contribution is 6.07. The Kier molecular flexibility index (Phi) is 6.09. The van der Waals surface area contributed by atoms with Crippen molar-refractivity contribution in [3.05, 3.63) is 96.3 Å². The van der Waals surface area contributed by atoms with Crippen molar-refractivity contribution in [2.75, 3.05) is 7.11 Å². The van der Waals surface area contributed by atoms with E-state index in [9.17, 15) is 4.79 Å². The molecule has 0 bridgehead atoms. The lowest BCUT2D eigenvalue weighted by molar-refractivity contribution is 0.0957. The number of nitrogens with zero attached hydrogens (tertiary/aromatic N) is 3. The van der Waals surface area contributed by atoms with Gasteiger partial charge in [-0.15, -0.1) is 0 Å². The van der Waals surface area contributed by atoms with E-state index in [-0.39, 0.29) is 5.91 Å². The zero-order chi connectivity index (χ0) is 21.5. The van der Waals surface area contributed by atoms with Crippen molar-refractivity contribution < 1.29 is 9.53 Å². The second-order valence-corrected chi connectivity index (χ2v) is 6.63. The van der Waals surface area contributed by atoms with Gasteiger partial charge in [0, 0.05) is 35.1 Å². The molecule has 1 N–H and O–H groups in total. The Labute approximate surface area is 179 Å². The van der Waals surface area contributed by atoms with Gasteiger partial charge in [0.25, 0.3) is 5.91 Å². The predicted octanol–water partition coefficient (Wildman–Crippen LogP) is 4.73. The lowest BCUT2D eigenvalue weighted by atomic mass is 10.0. The van der Waals surface area contributed by atoms with E-state index in [2.05, 4.69) is 20.5 Å². The lowest BCUT2D eigenvalue weighted by Gasteiger charge is -2.08. The van der Waals surface area contributed by atoms with E-state index in [1.165, 1.54) is 6.21 Å². The molecule has 6 nitrogen and oxygen atoms in total. The molecule has 0 aliphatic rings. The largest absolute Gasteiger partial charge is 0.496 e. The number of fused-ring (bicyclic) bond motifs is 1. The molecule has 0 atom stereocenters. The maximum atomic E-state index is 12.9. The first-order chi connectivity index (χ1) is 15.3. The molecule has 0 aliphatic heterocycles. The highest BCUT2D eigenvalue weighted by atomic mass is 16.5. The van der Waals surface area contributed by atoms with Crippen molar-refractivity contribution >= 4 is 29.1 Å². The van der Waals surface area contributed by atoms with Gasteiger partial charge in [0.15, 0.2) is 0 Å². The van der Waals surface area contributed by atoms with Crippen LogP contribution in [0.25, 0.3) is 28.2 Å². The maximum absolute atomic E-state index is 12.9. The zero-order valence-corrected chi connectivity index (χ0v) is 16.9. The normalized spacial score (nSPS) is 11.3. The quantitative estimate of drug-likeness (QED) is 0.369. The number of hydrazone groups is 1. The van der Waals surface area contributed by atoms with Gasteiger partial charge in [-0.05, 0) is 42.5 Å². The van der Waals surface area contributed by atoms with Gasteiger partial charge in [-0.2, -0.15) is 5.10 Å². The number of nitrogens with one attached hydrogen (secondary N) is 1. The van der Waals surface area contributed by atoms with Crippen LogP contribution in [0.5, 0.6) is 5.75 Å². The summed E-state index contributed by atoms with van der Waals surface area (Å²) >= 11 is 0. The molecule has 2 heterocycles. The fraction of sp³-hybridized carbons (Fsp3) is 0.0400. The zero-order valence-electron chi connectivity index (χ0n) is 16.9. The summed E-state index contributed by atoms with van der Waals surface area (Å²) in [6.45, 7) is 0. The Morgan fingerprint density at radius 2 is 1.81 bits per heavy atom. The molecule has 152 valence electrons. The van der Waals surface area contributed by atoms with Crippen LogP contribution in [0.15, 0.2) is 90.3 Å². The number of pyridine rings is 2. The van der Waals surface area contributed by atoms with Crippen LogP contribution in [-0.4, -0.2) is 29.2 Å². The van der Waals surface area contributed by atoms with Gasteiger partial charge >= 0.3 is 0 Å². The van der Waals surface area contributed by atoms with Crippen LogP contribution in [0.4, 0.5) is 0 Å². The molecule has 4 rings (SSSR count). The van der Waals surface area contributed by atoms with Gasteiger partial charge in [-0.25, -0.2) is 10.4 Å². The Morgan fingerprint density at radius 3 is 2.65 bits per heavy atom. The number of allylic oxidation sites excluding steroid dienone is 1. The van der Waals surface area contributed by atoms with Crippen LogP contribution in [0, 0.1) is 0 Å². The second kappa shape index (κ2) is 9.45. The molecule has 31 heavy (non-hydrogen) atoms. The van der Waals surface area contributed by atoms with Crippen LogP contribution in [0.3, 0.4) is 0 Å². The van der Waals surface area contributed by atoms with Gasteiger partial charge in [0.05, 0.1) is 23.9 Å². The Morgan fingerprint density at radius 1 is 1.03 bits per heavy atom. The molecule has 6 heteroatoms. The minimum atomic E-state index is -0.309. The minimum Gasteiger partial charge on any atom is -0.496 e. The summed E-state index contributed by atoms with van der Waals surface area (Å²) in [5.74, 6) is 0.457. The molecule has 0 radical (unpaired) electrons. The summed E-state index contributed by atoms with van der Waals surface area (Å²) in [7, 11) is 1.63. The average molecular weight is 408 g/mol. The number of amides is 1. The summed E-state index contributed by atoms with van der Waals surface area (Å²) in [6.07, 6.45) is 8.52. The van der Waals surface area contributed by atoms with E-state index in [0.717, 1.165) is 27.8 Å². The van der Waals surface area contributed by atoms with E-state index >= 15 is 0 Å². The van der Waals surface area contributed by atoms with Crippen LogP contribution in [0.2, 0.25) is 0 Å². The molecule has 4 aromatic rings. The molecular formula is C25H20N4O2.